The fourth-order valence-corrected chi connectivity index (χ4v) is 2.36. The van der Waals surface area contributed by atoms with E-state index in [4.69, 9.17) is 4.74 Å². The van der Waals surface area contributed by atoms with Crippen molar-refractivity contribution in [2.75, 3.05) is 11.9 Å². The van der Waals surface area contributed by atoms with Crippen molar-refractivity contribution in [3.8, 4) is 0 Å². The average Bonchev–Trinajstić information content (AvgIpc) is 2.98. The maximum absolute atomic E-state index is 11.4. The lowest BCUT2D eigenvalue weighted by Crippen LogP contribution is -2.05. The Labute approximate surface area is 106 Å². The number of anilines is 1. The van der Waals surface area contributed by atoms with Crippen LogP contribution in [-0.2, 0) is 11.3 Å². The maximum Gasteiger partial charge on any atom is 0.357 e. The maximum atomic E-state index is 11.4. The van der Waals surface area contributed by atoms with Crippen LogP contribution in [0.1, 0.15) is 22.3 Å². The van der Waals surface area contributed by atoms with Gasteiger partial charge in [0.25, 0.3) is 0 Å². The molecule has 0 fully saturated rings. The molecule has 0 radical (unpaired) electrons. The quantitative estimate of drug-likeness (QED) is 0.844. The first-order valence-electron chi connectivity index (χ1n) is 5.03. The molecule has 1 N–H and O–H groups in total. The van der Waals surface area contributed by atoms with Crippen molar-refractivity contribution in [1.82, 2.24) is 9.97 Å². The fourth-order valence-electron chi connectivity index (χ4n) is 1.15. The number of rotatable bonds is 5. The highest BCUT2D eigenvalue weighted by molar-refractivity contribution is 7.14. The van der Waals surface area contributed by atoms with Gasteiger partial charge in [-0.25, -0.2) is 9.78 Å². The molecule has 5 nitrogen and oxygen atoms in total. The van der Waals surface area contributed by atoms with Gasteiger partial charge in [0.2, 0.25) is 0 Å². The lowest BCUT2D eigenvalue weighted by atomic mass is 10.5. The van der Waals surface area contributed by atoms with Gasteiger partial charge in [0, 0.05) is 16.5 Å². The van der Waals surface area contributed by atoms with Gasteiger partial charge < -0.3 is 10.1 Å². The molecule has 7 heteroatoms. The van der Waals surface area contributed by atoms with Crippen molar-refractivity contribution >= 4 is 33.8 Å². The number of hydrogen-bond acceptors (Lipinski definition) is 7. The molecule has 2 rings (SSSR count). The third-order valence-electron chi connectivity index (χ3n) is 1.89. The Morgan fingerprint density at radius 2 is 2.41 bits per heavy atom. The Kier molecular flexibility index (Phi) is 4.05. The number of carbonyl (C=O) groups is 1. The van der Waals surface area contributed by atoms with E-state index in [0.29, 0.717) is 24.0 Å². The zero-order valence-corrected chi connectivity index (χ0v) is 10.8. The second-order valence-corrected chi connectivity index (χ2v) is 4.91. The van der Waals surface area contributed by atoms with Crippen molar-refractivity contribution in [1.29, 1.82) is 0 Å². The third kappa shape index (κ3) is 3.24. The number of hydrogen-bond donors (Lipinski definition) is 1. The zero-order chi connectivity index (χ0) is 12.1. The molecule has 0 spiro atoms. The zero-order valence-electron chi connectivity index (χ0n) is 9.17. The summed E-state index contributed by atoms with van der Waals surface area (Å²) in [6, 6.07) is 0. The van der Waals surface area contributed by atoms with E-state index >= 15 is 0 Å². The van der Waals surface area contributed by atoms with E-state index in [2.05, 4.69) is 15.3 Å². The molecular formula is C10H11N3O2S2. The van der Waals surface area contributed by atoms with Crippen LogP contribution in [0.4, 0.5) is 5.13 Å². The van der Waals surface area contributed by atoms with Crippen LogP contribution in [0.2, 0.25) is 0 Å². The fraction of sp³-hybridized carbons (Fsp3) is 0.300. The summed E-state index contributed by atoms with van der Waals surface area (Å²) in [5.74, 6) is -0.380. The Morgan fingerprint density at radius 1 is 1.53 bits per heavy atom. The van der Waals surface area contributed by atoms with E-state index in [-0.39, 0.29) is 5.97 Å². The second-order valence-electron chi connectivity index (χ2n) is 3.08. The van der Waals surface area contributed by atoms with Gasteiger partial charge >= 0.3 is 5.97 Å². The van der Waals surface area contributed by atoms with Gasteiger partial charge in [-0.2, -0.15) is 0 Å². The molecule has 17 heavy (non-hydrogen) atoms. The largest absolute Gasteiger partial charge is 0.461 e. The van der Waals surface area contributed by atoms with Gasteiger partial charge in [-0.15, -0.1) is 22.7 Å². The first-order chi connectivity index (χ1) is 8.29. The predicted molar refractivity (Wildman–Crippen MR) is 67.5 cm³/mol. The molecule has 90 valence electrons. The minimum Gasteiger partial charge on any atom is -0.461 e. The van der Waals surface area contributed by atoms with Gasteiger partial charge in [-0.1, -0.05) is 0 Å². The monoisotopic (exact) mass is 269 g/mol. The van der Waals surface area contributed by atoms with E-state index in [1.807, 2.05) is 0 Å². The smallest absolute Gasteiger partial charge is 0.357 e. The van der Waals surface area contributed by atoms with Crippen LogP contribution in [0, 0.1) is 0 Å². The molecule has 0 saturated heterocycles. The van der Waals surface area contributed by atoms with Crippen molar-refractivity contribution in [3.05, 3.63) is 27.7 Å². The predicted octanol–water partition coefficient (Wildman–Crippen LogP) is 2.39. The first kappa shape index (κ1) is 12.0. The van der Waals surface area contributed by atoms with Gasteiger partial charge in [-0.3, -0.25) is 4.98 Å². The SMILES string of the molecule is CCOC(=O)c1csc(NCc2cncs2)n1. The molecule has 0 bridgehead atoms. The normalized spacial score (nSPS) is 10.2. The Balaban J connectivity index is 1.92. The van der Waals surface area contributed by atoms with Crippen molar-refractivity contribution in [2.24, 2.45) is 0 Å². The van der Waals surface area contributed by atoms with Gasteiger partial charge in [-0.05, 0) is 6.92 Å². The summed E-state index contributed by atoms with van der Waals surface area (Å²) in [5, 5.41) is 5.53. The first-order valence-corrected chi connectivity index (χ1v) is 6.79. The van der Waals surface area contributed by atoms with Crippen molar-refractivity contribution in [2.45, 2.75) is 13.5 Å². The Morgan fingerprint density at radius 3 is 3.12 bits per heavy atom. The second kappa shape index (κ2) is 5.74. The number of esters is 1. The molecule has 0 unspecified atom stereocenters. The van der Waals surface area contributed by atoms with E-state index in [9.17, 15) is 4.79 Å². The van der Waals surface area contributed by atoms with E-state index in [1.165, 1.54) is 11.3 Å². The van der Waals surface area contributed by atoms with Crippen LogP contribution in [0.5, 0.6) is 0 Å². The summed E-state index contributed by atoms with van der Waals surface area (Å²) >= 11 is 2.96. The topological polar surface area (TPSA) is 64.1 Å². The standard InChI is InChI=1S/C10H11N3O2S2/c1-2-15-9(14)8-5-16-10(13-8)12-4-7-3-11-6-17-7/h3,5-6H,2,4H2,1H3,(H,12,13). The highest BCUT2D eigenvalue weighted by Gasteiger charge is 2.11. The highest BCUT2D eigenvalue weighted by Crippen LogP contribution is 2.17. The highest BCUT2D eigenvalue weighted by atomic mass is 32.1. The molecule has 0 aliphatic rings. The number of aromatic nitrogens is 2. The van der Waals surface area contributed by atoms with E-state index in [0.717, 1.165) is 4.88 Å². The van der Waals surface area contributed by atoms with Crippen LogP contribution in [0.25, 0.3) is 0 Å². The lowest BCUT2D eigenvalue weighted by molar-refractivity contribution is 0.0520. The minimum atomic E-state index is -0.380. The minimum absolute atomic E-state index is 0.351. The molecule has 0 saturated carbocycles. The molecule has 2 heterocycles. The van der Waals surface area contributed by atoms with Crippen LogP contribution < -0.4 is 5.32 Å². The third-order valence-corrected chi connectivity index (χ3v) is 3.47. The molecule has 0 amide bonds. The van der Waals surface area contributed by atoms with Gasteiger partial charge in [0.15, 0.2) is 10.8 Å². The summed E-state index contributed by atoms with van der Waals surface area (Å²) < 4.78 is 4.86. The Hall–Kier alpha value is -1.47. The van der Waals surface area contributed by atoms with Crippen molar-refractivity contribution < 1.29 is 9.53 Å². The summed E-state index contributed by atoms with van der Waals surface area (Å²) in [5.41, 5.74) is 2.13. The molecule has 0 aliphatic heterocycles. The lowest BCUT2D eigenvalue weighted by Gasteiger charge is -1.98. The number of nitrogens with one attached hydrogen (secondary N) is 1. The van der Waals surface area contributed by atoms with Gasteiger partial charge in [0.1, 0.15) is 0 Å². The van der Waals surface area contributed by atoms with Crippen LogP contribution in [-0.4, -0.2) is 22.5 Å². The van der Waals surface area contributed by atoms with E-state index in [1.54, 1.807) is 35.3 Å². The molecule has 0 aliphatic carbocycles. The molecule has 2 aromatic rings. The van der Waals surface area contributed by atoms with Crippen LogP contribution in [0.15, 0.2) is 17.1 Å². The van der Waals surface area contributed by atoms with Crippen LogP contribution >= 0.6 is 22.7 Å². The number of carbonyl (C=O) groups excluding carboxylic acids is 1. The van der Waals surface area contributed by atoms with Crippen molar-refractivity contribution in [3.63, 3.8) is 0 Å². The summed E-state index contributed by atoms with van der Waals surface area (Å²) in [6.45, 7) is 2.80. The number of thiazole rings is 2. The summed E-state index contributed by atoms with van der Waals surface area (Å²) in [6.07, 6.45) is 1.80. The summed E-state index contributed by atoms with van der Waals surface area (Å²) in [4.78, 5) is 20.6. The number of nitrogens with zero attached hydrogens (tertiary/aromatic N) is 2. The molecule has 2 aromatic heterocycles. The summed E-state index contributed by atoms with van der Waals surface area (Å²) in [7, 11) is 0. The average molecular weight is 269 g/mol. The Bertz CT molecular complexity index is 481. The molecule has 0 atom stereocenters. The van der Waals surface area contributed by atoms with E-state index < -0.39 is 0 Å². The van der Waals surface area contributed by atoms with Crippen LogP contribution in [0.3, 0.4) is 0 Å². The molecule has 0 aromatic carbocycles. The number of ether oxygens (including phenoxy) is 1. The molecular weight excluding hydrogens is 258 g/mol. The van der Waals surface area contributed by atoms with Gasteiger partial charge in [0.05, 0.1) is 18.7 Å².